The maximum Gasteiger partial charge on any atom is 0.332 e. The van der Waals surface area contributed by atoms with Gasteiger partial charge in [-0.05, 0) is 48.6 Å². The van der Waals surface area contributed by atoms with Crippen molar-refractivity contribution in [2.45, 2.75) is 12.5 Å². The van der Waals surface area contributed by atoms with Gasteiger partial charge in [0, 0.05) is 0 Å². The molecule has 2 heterocycles. The minimum absolute atomic E-state index is 0.128. The predicted molar refractivity (Wildman–Crippen MR) is 93.4 cm³/mol. The Morgan fingerprint density at radius 1 is 0.958 bits per heavy atom. The molecule has 3 amide bonds. The summed E-state index contributed by atoms with van der Waals surface area (Å²) >= 11 is 1.68. The van der Waals surface area contributed by atoms with Crippen molar-refractivity contribution in [3.63, 3.8) is 0 Å². The van der Waals surface area contributed by atoms with E-state index in [9.17, 15) is 9.59 Å². The summed E-state index contributed by atoms with van der Waals surface area (Å²) in [7, 11) is 0. The van der Waals surface area contributed by atoms with Gasteiger partial charge in [0.25, 0.3) is 5.91 Å². The number of amides is 3. The molecule has 0 radical (unpaired) electrons. The molecular weight excluding hydrogens is 324 g/mol. The van der Waals surface area contributed by atoms with E-state index in [1.165, 1.54) is 4.90 Å². The fourth-order valence-electron chi connectivity index (χ4n) is 2.95. The molecule has 1 atom stereocenters. The van der Waals surface area contributed by atoms with Crippen LogP contribution in [0.2, 0.25) is 0 Å². The van der Waals surface area contributed by atoms with Crippen molar-refractivity contribution in [2.75, 3.05) is 16.5 Å². The number of nitrogens with zero attached hydrogens (tertiary/aromatic N) is 2. The van der Waals surface area contributed by atoms with Gasteiger partial charge in [-0.25, -0.2) is 9.69 Å². The summed E-state index contributed by atoms with van der Waals surface area (Å²) in [5.41, 5.74) is 0.588. The lowest BCUT2D eigenvalue weighted by molar-refractivity contribution is -0.119. The lowest BCUT2D eigenvalue weighted by Gasteiger charge is -2.25. The van der Waals surface area contributed by atoms with E-state index < -0.39 is 0 Å². The number of imide groups is 1. The number of thioether (sulfide) groups is 1. The van der Waals surface area contributed by atoms with E-state index in [1.807, 2.05) is 30.3 Å². The van der Waals surface area contributed by atoms with E-state index in [0.717, 1.165) is 17.9 Å². The molecule has 2 fully saturated rings. The monoisotopic (exact) mass is 340 g/mol. The Kier molecular flexibility index (Phi) is 3.90. The van der Waals surface area contributed by atoms with Gasteiger partial charge in [0.15, 0.2) is 0 Å². The summed E-state index contributed by atoms with van der Waals surface area (Å²) in [6, 6.07) is 16.0. The van der Waals surface area contributed by atoms with E-state index in [4.69, 9.17) is 4.74 Å². The zero-order valence-corrected chi connectivity index (χ0v) is 13.7. The van der Waals surface area contributed by atoms with Gasteiger partial charge in [0.05, 0.1) is 11.6 Å². The molecule has 0 saturated carbocycles. The average Bonchev–Trinajstić information content (AvgIpc) is 2.88. The zero-order chi connectivity index (χ0) is 16.5. The number of hydrogen-bond acceptors (Lipinski definition) is 4. The predicted octanol–water partition coefficient (Wildman–Crippen LogP) is 3.71. The van der Waals surface area contributed by atoms with Gasteiger partial charge < -0.3 is 9.64 Å². The van der Waals surface area contributed by atoms with Crippen LogP contribution in [0.4, 0.5) is 10.5 Å². The molecular formula is C18H16N2O3S. The highest BCUT2D eigenvalue weighted by Gasteiger charge is 2.46. The molecule has 5 nitrogen and oxygen atoms in total. The largest absolute Gasteiger partial charge is 0.457 e. The third-order valence-corrected chi connectivity index (χ3v) is 5.14. The Morgan fingerprint density at radius 3 is 2.38 bits per heavy atom. The van der Waals surface area contributed by atoms with Gasteiger partial charge in [0.1, 0.15) is 17.5 Å². The number of carbonyl (C=O) groups excluding carboxylic acids is 2. The van der Waals surface area contributed by atoms with Gasteiger partial charge in [-0.3, -0.25) is 4.79 Å². The van der Waals surface area contributed by atoms with Crippen LogP contribution in [0.1, 0.15) is 6.42 Å². The number of fused-ring (bicyclic) bond motifs is 1. The van der Waals surface area contributed by atoms with Gasteiger partial charge in [0.2, 0.25) is 0 Å². The first-order chi connectivity index (χ1) is 11.7. The van der Waals surface area contributed by atoms with Crippen LogP contribution in [0.5, 0.6) is 11.5 Å². The SMILES string of the molecule is O=C1C2CCSCN2C(=O)N1c1ccc(Oc2ccccc2)cc1. The minimum Gasteiger partial charge on any atom is -0.457 e. The molecule has 2 aliphatic heterocycles. The molecule has 122 valence electrons. The molecule has 0 bridgehead atoms. The van der Waals surface area contributed by atoms with Crippen molar-refractivity contribution < 1.29 is 14.3 Å². The van der Waals surface area contributed by atoms with Crippen LogP contribution in [0.3, 0.4) is 0 Å². The third kappa shape index (κ3) is 2.63. The Hall–Kier alpha value is -2.47. The lowest BCUT2D eigenvalue weighted by atomic mass is 10.2. The normalized spacial score (nSPS) is 20.2. The average molecular weight is 340 g/mol. The molecule has 1 unspecified atom stereocenters. The van der Waals surface area contributed by atoms with Crippen molar-refractivity contribution in [1.29, 1.82) is 0 Å². The Morgan fingerprint density at radius 2 is 1.67 bits per heavy atom. The number of rotatable bonds is 3. The number of ether oxygens (including phenoxy) is 1. The molecule has 0 aliphatic carbocycles. The van der Waals surface area contributed by atoms with Crippen molar-refractivity contribution in [3.05, 3.63) is 54.6 Å². The van der Waals surface area contributed by atoms with Crippen LogP contribution >= 0.6 is 11.8 Å². The van der Waals surface area contributed by atoms with Gasteiger partial charge in [-0.15, -0.1) is 11.8 Å². The number of anilines is 1. The Balaban J connectivity index is 1.54. The topological polar surface area (TPSA) is 49.9 Å². The number of urea groups is 1. The maximum absolute atomic E-state index is 12.5. The zero-order valence-electron chi connectivity index (χ0n) is 12.9. The van der Waals surface area contributed by atoms with E-state index in [2.05, 4.69) is 0 Å². The molecule has 2 aromatic rings. The lowest BCUT2D eigenvalue weighted by Crippen LogP contribution is -2.38. The maximum atomic E-state index is 12.5. The molecule has 0 N–H and O–H groups in total. The second kappa shape index (κ2) is 6.20. The molecule has 6 heteroatoms. The molecule has 2 saturated heterocycles. The molecule has 2 aromatic carbocycles. The number of benzene rings is 2. The van der Waals surface area contributed by atoms with E-state index >= 15 is 0 Å². The first-order valence-electron chi connectivity index (χ1n) is 7.79. The summed E-state index contributed by atoms with van der Waals surface area (Å²) in [6.07, 6.45) is 0.723. The quantitative estimate of drug-likeness (QED) is 0.799. The molecule has 0 aromatic heterocycles. The summed E-state index contributed by atoms with van der Waals surface area (Å²) in [5.74, 6) is 2.78. The van der Waals surface area contributed by atoms with Gasteiger partial charge in [-0.2, -0.15) is 0 Å². The van der Waals surface area contributed by atoms with E-state index in [-0.39, 0.29) is 18.0 Å². The second-order valence-corrected chi connectivity index (χ2v) is 6.75. The highest BCUT2D eigenvalue weighted by molar-refractivity contribution is 7.99. The van der Waals surface area contributed by atoms with Crippen LogP contribution in [0.15, 0.2) is 54.6 Å². The standard InChI is InChI=1S/C18H16N2O3S/c21-17-16-10-11-24-12-19(16)18(22)20(17)13-6-8-15(9-7-13)23-14-4-2-1-3-5-14/h1-9,16H,10-12H2. The van der Waals surface area contributed by atoms with Crippen LogP contribution < -0.4 is 9.64 Å². The van der Waals surface area contributed by atoms with Gasteiger partial charge >= 0.3 is 6.03 Å². The van der Waals surface area contributed by atoms with Crippen LogP contribution in [-0.4, -0.2) is 34.5 Å². The summed E-state index contributed by atoms with van der Waals surface area (Å²) in [5, 5.41) is 0. The van der Waals surface area contributed by atoms with Crippen molar-refractivity contribution in [3.8, 4) is 11.5 Å². The van der Waals surface area contributed by atoms with Crippen LogP contribution in [-0.2, 0) is 4.79 Å². The third-order valence-electron chi connectivity index (χ3n) is 4.16. The number of carbonyl (C=O) groups is 2. The first kappa shape index (κ1) is 15.1. The van der Waals surface area contributed by atoms with Crippen molar-refractivity contribution >= 4 is 29.4 Å². The molecule has 24 heavy (non-hydrogen) atoms. The van der Waals surface area contributed by atoms with Crippen molar-refractivity contribution in [2.24, 2.45) is 0 Å². The Labute approximate surface area is 144 Å². The van der Waals surface area contributed by atoms with Crippen LogP contribution in [0, 0.1) is 0 Å². The summed E-state index contributed by atoms with van der Waals surface area (Å²) in [4.78, 5) is 28.0. The molecule has 0 spiro atoms. The van der Waals surface area contributed by atoms with Crippen molar-refractivity contribution in [1.82, 2.24) is 4.90 Å². The fraction of sp³-hybridized carbons (Fsp3) is 0.222. The second-order valence-electron chi connectivity index (χ2n) is 5.68. The smallest absolute Gasteiger partial charge is 0.332 e. The first-order valence-corrected chi connectivity index (χ1v) is 8.95. The number of hydrogen-bond donors (Lipinski definition) is 0. The highest BCUT2D eigenvalue weighted by atomic mass is 32.2. The molecule has 4 rings (SSSR count). The van der Waals surface area contributed by atoms with Gasteiger partial charge in [-0.1, -0.05) is 18.2 Å². The summed E-state index contributed by atoms with van der Waals surface area (Å²) in [6.45, 7) is 0. The van der Waals surface area contributed by atoms with E-state index in [1.54, 1.807) is 40.9 Å². The van der Waals surface area contributed by atoms with E-state index in [0.29, 0.717) is 17.3 Å². The molecule has 2 aliphatic rings. The number of para-hydroxylation sites is 1. The highest BCUT2D eigenvalue weighted by Crippen LogP contribution is 2.33. The Bertz CT molecular complexity index is 740. The minimum atomic E-state index is -0.306. The van der Waals surface area contributed by atoms with Crippen LogP contribution in [0.25, 0.3) is 0 Å². The fourth-order valence-corrected chi connectivity index (χ4v) is 3.95. The summed E-state index contributed by atoms with van der Waals surface area (Å²) < 4.78 is 5.74.